The highest BCUT2D eigenvalue weighted by Gasteiger charge is 2.70. The molecule has 3 heteroatoms. The summed E-state index contributed by atoms with van der Waals surface area (Å²) < 4.78 is 6.34. The molecule has 0 heterocycles. The molecule has 0 aromatic carbocycles. The lowest BCUT2D eigenvalue weighted by atomic mass is 9.32. The molecule has 0 aromatic rings. The molecule has 0 spiro atoms. The Hall–Kier alpha value is -0.830. The highest BCUT2D eigenvalue weighted by Crippen LogP contribution is 2.77. The Morgan fingerprint density at radius 2 is 1.31 bits per heavy atom. The van der Waals surface area contributed by atoms with Gasteiger partial charge in [0.05, 0.1) is 12.5 Å². The molecule has 0 unspecified atom stereocenters. The second-order valence-corrected chi connectivity index (χ2v) is 21.1. The van der Waals surface area contributed by atoms with E-state index in [1.54, 1.807) is 0 Å². The summed E-state index contributed by atoms with van der Waals surface area (Å²) in [5.41, 5.74) is 2.93. The molecule has 3 nitrogen and oxygen atoms in total. The number of allylic oxidation sites excluding steroid dienone is 1. The van der Waals surface area contributed by atoms with Crippen molar-refractivity contribution in [1.29, 1.82) is 0 Å². The third kappa shape index (κ3) is 8.25. The summed E-state index contributed by atoms with van der Waals surface area (Å²) >= 11 is 0. The topological polar surface area (TPSA) is 46.5 Å². The van der Waals surface area contributed by atoms with Crippen LogP contribution < -0.4 is 0 Å². The van der Waals surface area contributed by atoms with Crippen LogP contribution in [0.4, 0.5) is 0 Å². The standard InChI is InChI=1S/C48H84O3/c1-10-11-12-13-14-15-16-17-18-19-20-21-22-23-36(49)34-42(50)51-41-28-30-46(7)39(44(41,4)5)27-31-48(9)40(46)25-24-38-43-37(35(2)3)26-29-45(43,6)32-33-47(38,48)8/h36-41,43,49H,2,10-34H2,1,3-9H3/t36-,37+,38-,39+,40-,41+,43-,45-,46+,47-,48-/m1/s1. The maximum Gasteiger partial charge on any atom is 0.308 e. The lowest BCUT2D eigenvalue weighted by Crippen LogP contribution is -2.66. The molecule has 5 rings (SSSR count). The van der Waals surface area contributed by atoms with Crippen LogP contribution in [0.15, 0.2) is 12.2 Å². The van der Waals surface area contributed by atoms with Gasteiger partial charge in [0.25, 0.3) is 0 Å². The van der Waals surface area contributed by atoms with Crippen LogP contribution in [0.25, 0.3) is 0 Å². The SMILES string of the molecule is C=C(C)[C@@H]1CC[C@]2(C)CC[C@]3(C)[C@H](CC[C@@H]4[C@@]5(C)CC[C@H](OC(=O)C[C@H](O)CCCCCCCCCCCCCCC)C(C)(C)[C@@H]5CC[C@]43C)[C@@H]12. The molecule has 1 N–H and O–H groups in total. The van der Waals surface area contributed by atoms with E-state index in [9.17, 15) is 9.90 Å². The summed E-state index contributed by atoms with van der Waals surface area (Å²) in [5, 5.41) is 10.8. The Morgan fingerprint density at radius 1 is 0.706 bits per heavy atom. The van der Waals surface area contributed by atoms with Crippen LogP contribution >= 0.6 is 0 Å². The lowest BCUT2D eigenvalue weighted by molar-refractivity contribution is -0.249. The van der Waals surface area contributed by atoms with Crippen molar-refractivity contribution in [3.8, 4) is 0 Å². The number of ether oxygens (including phenoxy) is 1. The first kappa shape index (κ1) is 41.3. The molecule has 5 aliphatic rings. The van der Waals surface area contributed by atoms with E-state index in [0.717, 1.165) is 49.9 Å². The van der Waals surface area contributed by atoms with E-state index in [4.69, 9.17) is 4.74 Å². The van der Waals surface area contributed by atoms with Gasteiger partial charge in [0.1, 0.15) is 6.10 Å². The first-order valence-corrected chi connectivity index (χ1v) is 22.7. The molecule has 5 aliphatic carbocycles. The minimum absolute atomic E-state index is 0.0481. The summed E-state index contributed by atoms with van der Waals surface area (Å²) in [7, 11) is 0. The van der Waals surface area contributed by atoms with Crippen LogP contribution in [0, 0.1) is 56.7 Å². The predicted molar refractivity (Wildman–Crippen MR) is 215 cm³/mol. The monoisotopic (exact) mass is 709 g/mol. The average molecular weight is 709 g/mol. The Balaban J connectivity index is 1.08. The number of carbonyl (C=O) groups excluding carboxylic acids is 1. The third-order valence-electron chi connectivity index (χ3n) is 17.7. The van der Waals surface area contributed by atoms with Crippen molar-refractivity contribution in [3.63, 3.8) is 0 Å². The quantitative estimate of drug-likeness (QED) is 0.0876. The molecule has 11 atom stereocenters. The zero-order chi connectivity index (χ0) is 37.1. The molecule has 5 fully saturated rings. The number of hydrogen-bond donors (Lipinski definition) is 1. The fourth-order valence-corrected chi connectivity index (χ4v) is 14.6. The molecule has 0 aromatic heterocycles. The van der Waals surface area contributed by atoms with Crippen molar-refractivity contribution < 1.29 is 14.6 Å². The van der Waals surface area contributed by atoms with Crippen LogP contribution in [0.5, 0.6) is 0 Å². The zero-order valence-electron chi connectivity index (χ0n) is 35.2. The number of unbranched alkanes of at least 4 members (excludes halogenated alkanes) is 12. The summed E-state index contributed by atoms with van der Waals surface area (Å²) in [4.78, 5) is 13.3. The zero-order valence-corrected chi connectivity index (χ0v) is 35.2. The van der Waals surface area contributed by atoms with Crippen molar-refractivity contribution in [2.75, 3.05) is 0 Å². The number of aliphatic hydroxyl groups is 1. The maximum absolute atomic E-state index is 13.3. The number of esters is 1. The number of hydrogen-bond acceptors (Lipinski definition) is 3. The molecular weight excluding hydrogens is 625 g/mol. The molecule has 51 heavy (non-hydrogen) atoms. The largest absolute Gasteiger partial charge is 0.462 e. The Morgan fingerprint density at radius 3 is 1.92 bits per heavy atom. The van der Waals surface area contributed by atoms with E-state index in [0.29, 0.717) is 28.1 Å². The average Bonchev–Trinajstić information content (AvgIpc) is 3.43. The van der Waals surface area contributed by atoms with Gasteiger partial charge in [-0.3, -0.25) is 4.79 Å². The highest BCUT2D eigenvalue weighted by atomic mass is 16.5. The molecule has 294 valence electrons. The molecule has 0 radical (unpaired) electrons. The Bertz CT molecular complexity index is 1160. The van der Waals surface area contributed by atoms with Crippen molar-refractivity contribution in [3.05, 3.63) is 12.2 Å². The fourth-order valence-electron chi connectivity index (χ4n) is 14.6. The molecule has 0 bridgehead atoms. The molecule has 0 amide bonds. The van der Waals surface area contributed by atoms with Gasteiger partial charge in [0, 0.05) is 5.41 Å². The van der Waals surface area contributed by atoms with E-state index in [-0.39, 0.29) is 29.3 Å². The van der Waals surface area contributed by atoms with Crippen molar-refractivity contribution in [2.45, 2.75) is 228 Å². The highest BCUT2D eigenvalue weighted by molar-refractivity contribution is 5.70. The first-order chi connectivity index (χ1) is 24.1. The third-order valence-corrected chi connectivity index (χ3v) is 17.7. The van der Waals surface area contributed by atoms with Crippen LogP contribution in [-0.2, 0) is 9.53 Å². The number of fused-ring (bicyclic) bond motifs is 7. The Labute approximate surface area is 316 Å². The maximum atomic E-state index is 13.3. The van der Waals surface area contributed by atoms with Gasteiger partial charge in [-0.2, -0.15) is 0 Å². The Kier molecular flexibility index (Phi) is 13.7. The van der Waals surface area contributed by atoms with Gasteiger partial charge in [0.15, 0.2) is 0 Å². The van der Waals surface area contributed by atoms with Gasteiger partial charge in [-0.1, -0.05) is 144 Å². The van der Waals surface area contributed by atoms with Crippen LogP contribution in [-0.4, -0.2) is 23.3 Å². The number of aliphatic hydroxyl groups excluding tert-OH is 1. The summed E-state index contributed by atoms with van der Waals surface area (Å²) in [6, 6.07) is 0. The molecule has 5 saturated carbocycles. The molecule has 0 aliphatic heterocycles. The van der Waals surface area contributed by atoms with Crippen LogP contribution in [0.1, 0.15) is 216 Å². The summed E-state index contributed by atoms with van der Waals surface area (Å²) in [6.45, 7) is 24.7. The van der Waals surface area contributed by atoms with Crippen LogP contribution in [0.3, 0.4) is 0 Å². The van der Waals surface area contributed by atoms with Gasteiger partial charge >= 0.3 is 5.97 Å². The van der Waals surface area contributed by atoms with E-state index in [1.165, 1.54) is 128 Å². The van der Waals surface area contributed by atoms with Gasteiger partial charge in [-0.05, 0) is 129 Å². The van der Waals surface area contributed by atoms with E-state index in [1.807, 2.05) is 0 Å². The smallest absolute Gasteiger partial charge is 0.308 e. The number of rotatable bonds is 18. The predicted octanol–water partition coefficient (Wildman–Crippen LogP) is 13.8. The van der Waals surface area contributed by atoms with Gasteiger partial charge < -0.3 is 9.84 Å². The van der Waals surface area contributed by atoms with Crippen molar-refractivity contribution in [2.24, 2.45) is 56.7 Å². The van der Waals surface area contributed by atoms with E-state index >= 15 is 0 Å². The normalized spacial score (nSPS) is 40.4. The van der Waals surface area contributed by atoms with Gasteiger partial charge in [-0.25, -0.2) is 0 Å². The molecule has 0 saturated heterocycles. The summed E-state index contributed by atoms with van der Waals surface area (Å²) in [5.74, 6) is 3.46. The second kappa shape index (κ2) is 16.9. The number of carbonyl (C=O) groups is 1. The van der Waals surface area contributed by atoms with Crippen molar-refractivity contribution >= 4 is 5.97 Å². The minimum atomic E-state index is -0.574. The summed E-state index contributed by atoms with van der Waals surface area (Å²) in [6.07, 6.45) is 30.4. The first-order valence-electron chi connectivity index (χ1n) is 22.7. The fraction of sp³-hybridized carbons (Fsp3) is 0.938. The van der Waals surface area contributed by atoms with Crippen LogP contribution in [0.2, 0.25) is 0 Å². The van der Waals surface area contributed by atoms with Gasteiger partial charge in [-0.15, -0.1) is 0 Å². The lowest BCUT2D eigenvalue weighted by Gasteiger charge is -2.73. The van der Waals surface area contributed by atoms with E-state index < -0.39 is 6.10 Å². The van der Waals surface area contributed by atoms with E-state index in [2.05, 4.69) is 62.0 Å². The second-order valence-electron chi connectivity index (χ2n) is 21.1. The van der Waals surface area contributed by atoms with Crippen molar-refractivity contribution in [1.82, 2.24) is 0 Å². The minimum Gasteiger partial charge on any atom is -0.462 e. The molecular formula is C48H84O3. The van der Waals surface area contributed by atoms with Gasteiger partial charge in [0.2, 0.25) is 0 Å².